The van der Waals surface area contributed by atoms with E-state index in [9.17, 15) is 14.4 Å². The van der Waals surface area contributed by atoms with Crippen LogP contribution in [0.5, 0.6) is 0 Å². The number of carbonyl (C=O) groups excluding carboxylic acids is 2. The van der Waals surface area contributed by atoms with E-state index in [1.165, 1.54) is 12.0 Å². The lowest BCUT2D eigenvalue weighted by atomic mass is 9.84. The van der Waals surface area contributed by atoms with Crippen molar-refractivity contribution in [2.45, 2.75) is 38.1 Å². The van der Waals surface area contributed by atoms with Crippen LogP contribution in [0, 0.1) is 0 Å². The number of rotatable bonds is 7. The summed E-state index contributed by atoms with van der Waals surface area (Å²) in [6.07, 6.45) is -3.12. The summed E-state index contributed by atoms with van der Waals surface area (Å²) < 4.78 is 36.4. The Hall–Kier alpha value is -2.41. The van der Waals surface area contributed by atoms with Crippen molar-refractivity contribution in [3.8, 4) is 0 Å². The highest BCUT2D eigenvalue weighted by Gasteiger charge is 2.49. The number of nitrogens with zero attached hydrogens (tertiary/aromatic N) is 2. The average Bonchev–Trinajstić information content (AvgIpc) is 2.73. The van der Waals surface area contributed by atoms with Crippen molar-refractivity contribution >= 4 is 23.5 Å². The van der Waals surface area contributed by atoms with Gasteiger partial charge in [0.05, 0.1) is 13.5 Å². The van der Waals surface area contributed by atoms with Gasteiger partial charge in [0.15, 0.2) is 0 Å². The number of para-hydroxylation sites is 1. The number of aliphatic carboxylic acids is 1. The van der Waals surface area contributed by atoms with Gasteiger partial charge in [-0.05, 0) is 25.0 Å². The van der Waals surface area contributed by atoms with Crippen molar-refractivity contribution in [3.05, 3.63) is 30.3 Å². The largest absolute Gasteiger partial charge is 0.481 e. The zero-order chi connectivity index (χ0) is 22.7. The third kappa shape index (κ3) is 4.22. The lowest BCUT2D eigenvalue weighted by molar-refractivity contribution is -0.151. The molecule has 1 saturated heterocycles. The maximum atomic E-state index is 12.9. The number of hydrogen-bond donors (Lipinski definition) is 1. The molecule has 1 amide bonds. The Labute approximate surface area is 159 Å². The molecule has 2 rings (SSSR count). The molecule has 0 aliphatic carbocycles. The summed E-state index contributed by atoms with van der Waals surface area (Å²) in [5, 5.41) is 9.11. The first-order valence-electron chi connectivity index (χ1n) is 10.4. The molecule has 7 nitrogen and oxygen atoms in total. The molecule has 0 aromatic heterocycles. The Morgan fingerprint density at radius 3 is 2.38 bits per heavy atom. The first kappa shape index (κ1) is 14.7. The number of carbonyl (C=O) groups is 3. The summed E-state index contributed by atoms with van der Waals surface area (Å²) in [7, 11) is 1.21. The molecule has 1 fully saturated rings. The second-order valence-corrected chi connectivity index (χ2v) is 5.97. The van der Waals surface area contributed by atoms with Gasteiger partial charge in [-0.15, -0.1) is 0 Å². The minimum Gasteiger partial charge on any atom is -0.481 e. The van der Waals surface area contributed by atoms with Crippen LogP contribution in [0.3, 0.4) is 0 Å². The SMILES string of the molecule is [2H]C([2H])(C(=O)O)C([2H])([2H])N1CCC(C(=O)OC)(N(C(=O)CC)c2ccccc2)CC1. The topological polar surface area (TPSA) is 87.2 Å². The number of piperidine rings is 1. The Kier molecular flexibility index (Phi) is 4.99. The fourth-order valence-corrected chi connectivity index (χ4v) is 3.19. The standard InChI is InChI=1S/C19H26N2O5/c1-3-16(22)21(15-7-5-4-6-8-15)19(18(25)26-2)10-13-20(14-11-19)12-9-17(23)24/h4-8H,3,9-14H2,1-2H3,(H,23,24)/i9D2,12D2. The number of ether oxygens (including phenoxy) is 1. The zero-order valence-corrected chi connectivity index (χ0v) is 14.9. The van der Waals surface area contributed by atoms with Gasteiger partial charge in [-0.25, -0.2) is 4.79 Å². The number of carboxylic acids is 1. The first-order chi connectivity index (χ1) is 14.0. The Morgan fingerprint density at radius 1 is 1.27 bits per heavy atom. The minimum atomic E-state index is -3.16. The Morgan fingerprint density at radius 2 is 1.88 bits per heavy atom. The fraction of sp³-hybridized carbons (Fsp3) is 0.526. The molecule has 1 aliphatic rings. The van der Waals surface area contributed by atoms with Crippen molar-refractivity contribution < 1.29 is 29.7 Å². The maximum Gasteiger partial charge on any atom is 0.332 e. The molecule has 1 N–H and O–H groups in total. The van der Waals surface area contributed by atoms with E-state index in [1.807, 2.05) is 0 Å². The number of amides is 1. The van der Waals surface area contributed by atoms with Crippen molar-refractivity contribution in [1.29, 1.82) is 0 Å². The van der Waals surface area contributed by atoms with Gasteiger partial charge in [-0.2, -0.15) is 0 Å². The van der Waals surface area contributed by atoms with Crippen molar-refractivity contribution in [2.24, 2.45) is 0 Å². The molecule has 1 aliphatic heterocycles. The smallest absolute Gasteiger partial charge is 0.332 e. The van der Waals surface area contributed by atoms with Gasteiger partial charge in [-0.3, -0.25) is 14.5 Å². The summed E-state index contributed by atoms with van der Waals surface area (Å²) in [4.78, 5) is 39.4. The number of benzene rings is 1. The van der Waals surface area contributed by atoms with Gasteiger partial charge in [-0.1, -0.05) is 25.1 Å². The second kappa shape index (κ2) is 8.80. The molecular formula is C19H26N2O5. The van der Waals surface area contributed by atoms with Crippen LogP contribution in [0.15, 0.2) is 30.3 Å². The fourth-order valence-electron chi connectivity index (χ4n) is 3.19. The molecule has 1 aromatic carbocycles. The minimum absolute atomic E-state index is 0.0461. The highest BCUT2D eigenvalue weighted by molar-refractivity contribution is 6.02. The number of likely N-dealkylation sites (tertiary alicyclic amines) is 1. The van der Waals surface area contributed by atoms with Gasteiger partial charge < -0.3 is 14.7 Å². The average molecular weight is 366 g/mol. The van der Waals surface area contributed by atoms with Crippen LogP contribution in [-0.4, -0.2) is 60.1 Å². The Balaban J connectivity index is 2.44. The van der Waals surface area contributed by atoms with E-state index in [0.29, 0.717) is 5.69 Å². The van der Waals surface area contributed by atoms with Gasteiger partial charge in [0.1, 0.15) is 5.54 Å². The molecular weight excluding hydrogens is 336 g/mol. The first-order valence-corrected chi connectivity index (χ1v) is 8.40. The molecule has 1 aromatic rings. The number of hydrogen-bond acceptors (Lipinski definition) is 5. The Bertz CT molecular complexity index is 795. The van der Waals surface area contributed by atoms with Crippen LogP contribution in [0.2, 0.25) is 0 Å². The quantitative estimate of drug-likeness (QED) is 0.742. The number of esters is 1. The number of methoxy groups -OCH3 is 1. The molecule has 26 heavy (non-hydrogen) atoms. The van der Waals surface area contributed by atoms with E-state index < -0.39 is 30.3 Å². The molecule has 0 spiro atoms. The number of carboxylic acid groups (broad SMARTS) is 1. The van der Waals surface area contributed by atoms with Crippen molar-refractivity contribution in [2.75, 3.05) is 31.6 Å². The van der Waals surface area contributed by atoms with E-state index in [0.717, 1.165) is 4.90 Å². The van der Waals surface area contributed by atoms with Crippen LogP contribution in [0.25, 0.3) is 0 Å². The lowest BCUT2D eigenvalue weighted by Crippen LogP contribution is -2.62. The third-order valence-corrected chi connectivity index (χ3v) is 4.47. The lowest BCUT2D eigenvalue weighted by Gasteiger charge is -2.46. The molecule has 0 bridgehead atoms. The summed E-state index contributed by atoms with van der Waals surface area (Å²) in [5.41, 5.74) is -0.918. The third-order valence-electron chi connectivity index (χ3n) is 4.47. The molecule has 0 radical (unpaired) electrons. The molecule has 1 heterocycles. The van der Waals surface area contributed by atoms with Gasteiger partial charge >= 0.3 is 11.9 Å². The summed E-state index contributed by atoms with van der Waals surface area (Å²) in [5.74, 6) is -2.89. The van der Waals surface area contributed by atoms with Gasteiger partial charge in [0.2, 0.25) is 5.91 Å². The molecule has 7 heteroatoms. The van der Waals surface area contributed by atoms with Crippen LogP contribution < -0.4 is 4.90 Å². The van der Waals surface area contributed by atoms with Crippen molar-refractivity contribution in [1.82, 2.24) is 4.90 Å². The maximum absolute atomic E-state index is 12.9. The van der Waals surface area contributed by atoms with Gasteiger partial charge in [0.25, 0.3) is 0 Å². The molecule has 142 valence electrons. The van der Waals surface area contributed by atoms with E-state index >= 15 is 0 Å². The summed E-state index contributed by atoms with van der Waals surface area (Å²) in [6.45, 7) is -1.43. The zero-order valence-electron chi connectivity index (χ0n) is 18.9. The van der Waals surface area contributed by atoms with E-state index in [1.54, 1.807) is 37.3 Å². The van der Waals surface area contributed by atoms with Crippen LogP contribution in [-0.2, 0) is 19.1 Å². The second-order valence-electron chi connectivity index (χ2n) is 5.97. The molecule has 0 saturated carbocycles. The van der Waals surface area contributed by atoms with Crippen LogP contribution in [0.1, 0.15) is 38.0 Å². The highest BCUT2D eigenvalue weighted by atomic mass is 16.5. The summed E-state index contributed by atoms with van der Waals surface area (Å²) in [6, 6.07) is 8.60. The highest BCUT2D eigenvalue weighted by Crippen LogP contribution is 2.35. The van der Waals surface area contributed by atoms with E-state index in [2.05, 4.69) is 0 Å². The predicted octanol–water partition coefficient (Wildman–Crippen LogP) is 1.91. The van der Waals surface area contributed by atoms with Crippen LogP contribution >= 0.6 is 0 Å². The number of anilines is 1. The van der Waals surface area contributed by atoms with Gasteiger partial charge in [0, 0.05) is 37.2 Å². The van der Waals surface area contributed by atoms with E-state index in [4.69, 9.17) is 15.3 Å². The molecule has 0 atom stereocenters. The van der Waals surface area contributed by atoms with Crippen molar-refractivity contribution in [3.63, 3.8) is 0 Å². The van der Waals surface area contributed by atoms with E-state index in [-0.39, 0.29) is 38.3 Å². The monoisotopic (exact) mass is 366 g/mol. The summed E-state index contributed by atoms with van der Waals surface area (Å²) >= 11 is 0. The molecule has 0 unspecified atom stereocenters. The predicted molar refractivity (Wildman–Crippen MR) is 96.9 cm³/mol. The normalized spacial score (nSPS) is 20.1. The van der Waals surface area contributed by atoms with Crippen LogP contribution in [0.4, 0.5) is 5.69 Å².